The molecule has 0 amide bonds. The SMILES string of the molecule is COc1ccc(N2CCOCC2)cc1NS(=O)(=O)c1ccc(Cl)s1. The van der Waals surface area contributed by atoms with Gasteiger partial charge in [0.1, 0.15) is 9.96 Å². The molecule has 0 radical (unpaired) electrons. The molecule has 0 spiro atoms. The number of thiophene rings is 1. The van der Waals surface area contributed by atoms with Crippen molar-refractivity contribution in [3.8, 4) is 5.75 Å². The zero-order valence-corrected chi connectivity index (χ0v) is 15.4. The number of morpholine rings is 1. The number of sulfonamides is 1. The van der Waals surface area contributed by atoms with Gasteiger partial charge in [-0.05, 0) is 30.3 Å². The predicted octanol–water partition coefficient (Wildman–Crippen LogP) is 3.05. The first-order valence-electron chi connectivity index (χ1n) is 7.28. The van der Waals surface area contributed by atoms with E-state index in [0.717, 1.165) is 30.1 Å². The predicted molar refractivity (Wildman–Crippen MR) is 96.2 cm³/mol. The van der Waals surface area contributed by atoms with E-state index in [9.17, 15) is 8.42 Å². The molecule has 0 aliphatic carbocycles. The summed E-state index contributed by atoms with van der Waals surface area (Å²) in [6.07, 6.45) is 0. The molecule has 1 fully saturated rings. The molecule has 1 N–H and O–H groups in total. The molecule has 3 rings (SSSR count). The van der Waals surface area contributed by atoms with Gasteiger partial charge in [0, 0.05) is 18.8 Å². The number of halogens is 1. The van der Waals surface area contributed by atoms with Crippen LogP contribution in [0.25, 0.3) is 0 Å². The average molecular weight is 389 g/mol. The standard InChI is InChI=1S/C15H17ClN2O4S2/c1-21-13-3-2-11(18-6-8-22-9-7-18)10-12(13)17-24(19,20)15-5-4-14(16)23-15/h2-5,10,17H,6-9H2,1H3. The highest BCUT2D eigenvalue weighted by Crippen LogP contribution is 2.33. The van der Waals surface area contributed by atoms with E-state index in [2.05, 4.69) is 9.62 Å². The lowest BCUT2D eigenvalue weighted by molar-refractivity contribution is 0.122. The number of nitrogens with one attached hydrogen (secondary N) is 1. The van der Waals surface area contributed by atoms with Crippen molar-refractivity contribution in [3.05, 3.63) is 34.7 Å². The average Bonchev–Trinajstić information content (AvgIpc) is 3.03. The van der Waals surface area contributed by atoms with Crippen molar-refractivity contribution in [2.45, 2.75) is 4.21 Å². The van der Waals surface area contributed by atoms with Gasteiger partial charge in [-0.3, -0.25) is 4.72 Å². The van der Waals surface area contributed by atoms with E-state index in [0.29, 0.717) is 29.0 Å². The molecule has 130 valence electrons. The number of anilines is 2. The maximum atomic E-state index is 12.5. The maximum absolute atomic E-state index is 12.5. The Labute approximate surface area is 150 Å². The summed E-state index contributed by atoms with van der Waals surface area (Å²) in [6, 6.07) is 8.47. The van der Waals surface area contributed by atoms with Crippen molar-refractivity contribution in [2.75, 3.05) is 43.0 Å². The molecule has 1 aromatic carbocycles. The van der Waals surface area contributed by atoms with Gasteiger partial charge in [0.25, 0.3) is 10.0 Å². The smallest absolute Gasteiger partial charge is 0.271 e. The van der Waals surface area contributed by atoms with Crippen LogP contribution in [0, 0.1) is 0 Å². The van der Waals surface area contributed by atoms with Crippen LogP contribution in [0.4, 0.5) is 11.4 Å². The van der Waals surface area contributed by atoms with Crippen molar-refractivity contribution in [2.24, 2.45) is 0 Å². The summed E-state index contributed by atoms with van der Waals surface area (Å²) < 4.78 is 38.8. The van der Waals surface area contributed by atoms with Gasteiger partial charge in [-0.15, -0.1) is 11.3 Å². The quantitative estimate of drug-likeness (QED) is 0.852. The number of rotatable bonds is 5. The molecule has 24 heavy (non-hydrogen) atoms. The third kappa shape index (κ3) is 3.77. The Morgan fingerprint density at radius 2 is 2.00 bits per heavy atom. The van der Waals surface area contributed by atoms with E-state index < -0.39 is 10.0 Å². The Bertz CT molecular complexity index is 817. The molecular weight excluding hydrogens is 372 g/mol. The van der Waals surface area contributed by atoms with E-state index >= 15 is 0 Å². The van der Waals surface area contributed by atoms with Crippen molar-refractivity contribution < 1.29 is 17.9 Å². The first-order chi connectivity index (χ1) is 11.5. The van der Waals surface area contributed by atoms with E-state index in [1.807, 2.05) is 6.07 Å². The van der Waals surface area contributed by atoms with Crippen LogP contribution in [0.1, 0.15) is 0 Å². The first-order valence-corrected chi connectivity index (χ1v) is 9.96. The second-order valence-electron chi connectivity index (χ2n) is 5.15. The van der Waals surface area contributed by atoms with Crippen LogP contribution < -0.4 is 14.4 Å². The highest BCUT2D eigenvalue weighted by Gasteiger charge is 2.20. The second-order valence-corrected chi connectivity index (χ2v) is 8.77. The van der Waals surface area contributed by atoms with Gasteiger partial charge in [0.2, 0.25) is 0 Å². The molecule has 2 heterocycles. The summed E-state index contributed by atoms with van der Waals surface area (Å²) in [6.45, 7) is 2.83. The Hall–Kier alpha value is -1.48. The Morgan fingerprint density at radius 1 is 1.25 bits per heavy atom. The summed E-state index contributed by atoms with van der Waals surface area (Å²) in [5.41, 5.74) is 1.31. The van der Waals surface area contributed by atoms with Crippen LogP contribution in [0.2, 0.25) is 4.34 Å². The van der Waals surface area contributed by atoms with Crippen LogP contribution in [-0.4, -0.2) is 41.8 Å². The highest BCUT2D eigenvalue weighted by atomic mass is 35.5. The zero-order chi connectivity index (χ0) is 17.2. The van der Waals surface area contributed by atoms with E-state index in [4.69, 9.17) is 21.1 Å². The molecular formula is C15H17ClN2O4S2. The van der Waals surface area contributed by atoms with Gasteiger partial charge < -0.3 is 14.4 Å². The lowest BCUT2D eigenvalue weighted by Crippen LogP contribution is -2.36. The van der Waals surface area contributed by atoms with Crippen molar-refractivity contribution in [1.29, 1.82) is 0 Å². The number of nitrogens with zero attached hydrogens (tertiary/aromatic N) is 1. The maximum Gasteiger partial charge on any atom is 0.271 e. The molecule has 0 unspecified atom stereocenters. The molecule has 0 bridgehead atoms. The number of methoxy groups -OCH3 is 1. The summed E-state index contributed by atoms with van der Waals surface area (Å²) in [7, 11) is -2.21. The Morgan fingerprint density at radius 3 is 2.62 bits per heavy atom. The molecule has 1 aromatic heterocycles. The Balaban J connectivity index is 1.90. The normalized spacial score (nSPS) is 15.3. The van der Waals surface area contributed by atoms with Crippen molar-refractivity contribution in [1.82, 2.24) is 0 Å². The fourth-order valence-corrected chi connectivity index (χ4v) is 4.98. The molecule has 2 aromatic rings. The van der Waals surface area contributed by atoms with Gasteiger partial charge in [-0.2, -0.15) is 0 Å². The minimum atomic E-state index is -3.71. The van der Waals surface area contributed by atoms with Gasteiger partial charge in [0.05, 0.1) is 30.3 Å². The molecule has 9 heteroatoms. The Kier molecular flexibility index (Phi) is 5.19. The van der Waals surface area contributed by atoms with Crippen LogP contribution in [0.15, 0.2) is 34.5 Å². The van der Waals surface area contributed by atoms with Crippen LogP contribution in [-0.2, 0) is 14.8 Å². The number of hydrogen-bond donors (Lipinski definition) is 1. The first kappa shape index (κ1) is 17.3. The number of benzene rings is 1. The molecule has 0 saturated carbocycles. The summed E-state index contributed by atoms with van der Waals surface area (Å²) >= 11 is 6.84. The largest absolute Gasteiger partial charge is 0.495 e. The summed E-state index contributed by atoms with van der Waals surface area (Å²) in [5.74, 6) is 0.457. The van der Waals surface area contributed by atoms with Gasteiger partial charge >= 0.3 is 0 Å². The van der Waals surface area contributed by atoms with E-state index in [1.54, 1.807) is 18.2 Å². The molecule has 0 atom stereocenters. The monoisotopic (exact) mass is 388 g/mol. The zero-order valence-electron chi connectivity index (χ0n) is 13.0. The molecule has 1 aliphatic rings. The van der Waals surface area contributed by atoms with E-state index in [1.165, 1.54) is 13.2 Å². The third-order valence-electron chi connectivity index (χ3n) is 3.62. The molecule has 6 nitrogen and oxygen atoms in total. The highest BCUT2D eigenvalue weighted by molar-refractivity contribution is 7.94. The van der Waals surface area contributed by atoms with E-state index in [-0.39, 0.29) is 4.21 Å². The summed E-state index contributed by atoms with van der Waals surface area (Å²) in [4.78, 5) is 2.14. The lowest BCUT2D eigenvalue weighted by Gasteiger charge is -2.29. The second kappa shape index (κ2) is 7.18. The fraction of sp³-hybridized carbons (Fsp3) is 0.333. The van der Waals surface area contributed by atoms with Gasteiger partial charge in [0.15, 0.2) is 0 Å². The van der Waals surface area contributed by atoms with Crippen molar-refractivity contribution >= 4 is 44.3 Å². The van der Waals surface area contributed by atoms with Gasteiger partial charge in [-0.25, -0.2) is 8.42 Å². The van der Waals surface area contributed by atoms with Gasteiger partial charge in [-0.1, -0.05) is 11.6 Å². The van der Waals surface area contributed by atoms with Crippen LogP contribution >= 0.6 is 22.9 Å². The fourth-order valence-electron chi connectivity index (χ4n) is 2.43. The number of ether oxygens (including phenoxy) is 2. The van der Waals surface area contributed by atoms with Crippen LogP contribution in [0.5, 0.6) is 5.75 Å². The minimum absolute atomic E-state index is 0.159. The lowest BCUT2D eigenvalue weighted by atomic mass is 10.2. The molecule has 1 saturated heterocycles. The van der Waals surface area contributed by atoms with Crippen molar-refractivity contribution in [3.63, 3.8) is 0 Å². The third-order valence-corrected chi connectivity index (χ3v) is 6.71. The topological polar surface area (TPSA) is 67.9 Å². The summed E-state index contributed by atoms with van der Waals surface area (Å²) in [5, 5.41) is 0. The molecule has 1 aliphatic heterocycles. The number of hydrogen-bond acceptors (Lipinski definition) is 6. The minimum Gasteiger partial charge on any atom is -0.495 e. The van der Waals surface area contributed by atoms with Crippen LogP contribution in [0.3, 0.4) is 0 Å².